The first-order valence-electron chi connectivity index (χ1n) is 6.84. The Kier molecular flexibility index (Phi) is 4.80. The number of hydrogen-bond acceptors (Lipinski definition) is 4. The van der Waals surface area contributed by atoms with Gasteiger partial charge in [0.05, 0.1) is 6.10 Å². The van der Waals surface area contributed by atoms with Crippen LogP contribution >= 0.6 is 0 Å². The Balaban J connectivity index is 1.70. The van der Waals surface area contributed by atoms with Crippen molar-refractivity contribution in [1.82, 2.24) is 5.32 Å². The van der Waals surface area contributed by atoms with E-state index in [0.717, 1.165) is 29.7 Å². The van der Waals surface area contributed by atoms with E-state index >= 15 is 0 Å². The molecule has 2 rings (SSSR count). The fraction of sp³-hybridized carbons (Fsp3) is 0.600. The summed E-state index contributed by atoms with van der Waals surface area (Å²) < 4.78 is 5.65. The van der Waals surface area contributed by atoms with Gasteiger partial charge in [0.15, 0.2) is 0 Å². The summed E-state index contributed by atoms with van der Waals surface area (Å²) in [6.07, 6.45) is 0.869. The van der Waals surface area contributed by atoms with Crippen LogP contribution in [0, 0.1) is 13.8 Å². The maximum absolute atomic E-state index is 9.86. The van der Waals surface area contributed by atoms with Gasteiger partial charge in [-0.3, -0.25) is 0 Å². The Morgan fingerprint density at radius 3 is 2.79 bits per heavy atom. The van der Waals surface area contributed by atoms with Gasteiger partial charge in [-0.1, -0.05) is 12.1 Å². The maximum Gasteiger partial charge on any atom is 0.122 e. The van der Waals surface area contributed by atoms with Crippen molar-refractivity contribution in [2.75, 3.05) is 13.2 Å². The van der Waals surface area contributed by atoms with E-state index in [-0.39, 0.29) is 12.7 Å². The second-order valence-corrected chi connectivity index (χ2v) is 5.46. The summed E-state index contributed by atoms with van der Waals surface area (Å²) in [5.74, 6) is 0.832. The third kappa shape index (κ3) is 4.20. The van der Waals surface area contributed by atoms with Gasteiger partial charge in [0.1, 0.15) is 18.5 Å². The van der Waals surface area contributed by atoms with Crippen molar-refractivity contribution < 1.29 is 14.9 Å². The van der Waals surface area contributed by atoms with Gasteiger partial charge in [-0.15, -0.1) is 0 Å². The van der Waals surface area contributed by atoms with E-state index in [4.69, 9.17) is 9.84 Å². The molecule has 1 unspecified atom stereocenters. The van der Waals surface area contributed by atoms with E-state index in [2.05, 4.69) is 5.32 Å². The van der Waals surface area contributed by atoms with Crippen LogP contribution in [-0.2, 0) is 0 Å². The zero-order valence-corrected chi connectivity index (χ0v) is 11.6. The second-order valence-electron chi connectivity index (χ2n) is 5.46. The number of benzene rings is 1. The first kappa shape index (κ1) is 14.3. The van der Waals surface area contributed by atoms with Gasteiger partial charge in [-0.25, -0.2) is 0 Å². The molecule has 1 aliphatic rings. The third-order valence-corrected chi connectivity index (χ3v) is 3.53. The minimum absolute atomic E-state index is 0.166. The molecule has 0 spiro atoms. The second kappa shape index (κ2) is 6.37. The molecule has 106 valence electrons. The summed E-state index contributed by atoms with van der Waals surface area (Å²) in [6.45, 7) is 4.80. The Bertz CT molecular complexity index is 416. The molecule has 1 fully saturated rings. The van der Waals surface area contributed by atoms with E-state index in [1.165, 1.54) is 0 Å². The monoisotopic (exact) mass is 265 g/mol. The number of hydrogen-bond donors (Lipinski definition) is 3. The predicted molar refractivity (Wildman–Crippen MR) is 74.4 cm³/mol. The van der Waals surface area contributed by atoms with E-state index < -0.39 is 6.10 Å². The molecule has 0 aliphatic heterocycles. The molecule has 4 heteroatoms. The Hall–Kier alpha value is -1.10. The fourth-order valence-corrected chi connectivity index (χ4v) is 2.16. The summed E-state index contributed by atoms with van der Waals surface area (Å²) in [5.41, 5.74) is 2.23. The number of aliphatic hydroxyl groups excluding tert-OH is 2. The van der Waals surface area contributed by atoms with E-state index in [1.54, 1.807) is 0 Å². The Morgan fingerprint density at radius 2 is 2.11 bits per heavy atom. The lowest BCUT2D eigenvalue weighted by Gasteiger charge is -2.32. The molecule has 3 N–H and O–H groups in total. The van der Waals surface area contributed by atoms with E-state index in [1.807, 2.05) is 32.0 Å². The van der Waals surface area contributed by atoms with Crippen molar-refractivity contribution >= 4 is 0 Å². The number of nitrogens with one attached hydrogen (secondary N) is 1. The molecule has 0 radical (unpaired) electrons. The highest BCUT2D eigenvalue weighted by molar-refractivity contribution is 5.35. The van der Waals surface area contributed by atoms with Crippen LogP contribution in [-0.4, -0.2) is 41.6 Å². The van der Waals surface area contributed by atoms with Crippen LogP contribution in [0.25, 0.3) is 0 Å². The van der Waals surface area contributed by atoms with Crippen molar-refractivity contribution in [3.05, 3.63) is 29.3 Å². The SMILES string of the molecule is Cc1ccc(C)c(OCC(O)CNC2CC(O)C2)c1. The largest absolute Gasteiger partial charge is 0.491 e. The highest BCUT2D eigenvalue weighted by Crippen LogP contribution is 2.20. The summed E-state index contributed by atoms with van der Waals surface area (Å²) in [7, 11) is 0. The standard InChI is InChI=1S/C15H23NO3/c1-10-3-4-11(2)15(5-10)19-9-14(18)8-16-12-6-13(17)7-12/h3-5,12-14,16-18H,6-9H2,1-2H3. The van der Waals surface area contributed by atoms with Gasteiger partial charge in [-0.2, -0.15) is 0 Å². The zero-order valence-electron chi connectivity index (χ0n) is 11.6. The zero-order chi connectivity index (χ0) is 13.8. The third-order valence-electron chi connectivity index (χ3n) is 3.53. The Labute approximate surface area is 114 Å². The van der Waals surface area contributed by atoms with Gasteiger partial charge < -0.3 is 20.3 Å². The number of ether oxygens (including phenoxy) is 1. The van der Waals surface area contributed by atoms with Gasteiger partial charge in [0.2, 0.25) is 0 Å². The van der Waals surface area contributed by atoms with Gasteiger partial charge >= 0.3 is 0 Å². The minimum atomic E-state index is -0.530. The number of rotatable bonds is 6. The maximum atomic E-state index is 9.86. The van der Waals surface area contributed by atoms with Crippen molar-refractivity contribution in [3.8, 4) is 5.75 Å². The molecule has 1 saturated carbocycles. The minimum Gasteiger partial charge on any atom is -0.491 e. The molecule has 1 aromatic carbocycles. The molecule has 0 amide bonds. The number of aliphatic hydroxyl groups is 2. The lowest BCUT2D eigenvalue weighted by atomic mass is 9.89. The molecule has 0 heterocycles. The lowest BCUT2D eigenvalue weighted by Crippen LogP contribution is -2.47. The van der Waals surface area contributed by atoms with Gasteiger partial charge in [-0.05, 0) is 43.9 Å². The summed E-state index contributed by atoms with van der Waals surface area (Å²) >= 11 is 0. The van der Waals surface area contributed by atoms with Gasteiger partial charge in [0, 0.05) is 12.6 Å². The topological polar surface area (TPSA) is 61.7 Å². The van der Waals surface area contributed by atoms with Crippen LogP contribution in [0.3, 0.4) is 0 Å². The highest BCUT2D eigenvalue weighted by atomic mass is 16.5. The van der Waals surface area contributed by atoms with E-state index in [0.29, 0.717) is 12.6 Å². The first-order valence-corrected chi connectivity index (χ1v) is 6.84. The molecular weight excluding hydrogens is 242 g/mol. The molecule has 0 saturated heterocycles. The molecule has 1 aliphatic carbocycles. The summed E-state index contributed by atoms with van der Waals surface area (Å²) in [4.78, 5) is 0. The summed E-state index contributed by atoms with van der Waals surface area (Å²) in [5, 5.41) is 22.2. The lowest BCUT2D eigenvalue weighted by molar-refractivity contribution is 0.0487. The predicted octanol–water partition coefficient (Wildman–Crippen LogP) is 1.16. The quantitative estimate of drug-likeness (QED) is 0.722. The normalized spacial score (nSPS) is 23.8. The van der Waals surface area contributed by atoms with Crippen molar-refractivity contribution in [3.63, 3.8) is 0 Å². The van der Waals surface area contributed by atoms with Crippen LogP contribution in [0.4, 0.5) is 0 Å². The number of aryl methyl sites for hydroxylation is 2. The molecule has 0 bridgehead atoms. The highest BCUT2D eigenvalue weighted by Gasteiger charge is 2.26. The fourth-order valence-electron chi connectivity index (χ4n) is 2.16. The van der Waals surface area contributed by atoms with Crippen LogP contribution in [0.1, 0.15) is 24.0 Å². The molecule has 0 aromatic heterocycles. The Morgan fingerprint density at radius 1 is 1.37 bits per heavy atom. The smallest absolute Gasteiger partial charge is 0.122 e. The molecular formula is C15H23NO3. The van der Waals surface area contributed by atoms with Crippen LogP contribution in [0.5, 0.6) is 5.75 Å². The van der Waals surface area contributed by atoms with Crippen LogP contribution in [0.15, 0.2) is 18.2 Å². The average molecular weight is 265 g/mol. The van der Waals surface area contributed by atoms with Crippen LogP contribution < -0.4 is 10.1 Å². The van der Waals surface area contributed by atoms with Crippen LogP contribution in [0.2, 0.25) is 0 Å². The van der Waals surface area contributed by atoms with Gasteiger partial charge in [0.25, 0.3) is 0 Å². The molecule has 1 aromatic rings. The van der Waals surface area contributed by atoms with E-state index in [9.17, 15) is 5.11 Å². The summed E-state index contributed by atoms with van der Waals surface area (Å²) in [6, 6.07) is 6.38. The molecule has 4 nitrogen and oxygen atoms in total. The first-order chi connectivity index (χ1) is 9.04. The molecule has 19 heavy (non-hydrogen) atoms. The average Bonchev–Trinajstić information content (AvgIpc) is 2.34. The molecule has 1 atom stereocenters. The van der Waals surface area contributed by atoms with Crippen molar-refractivity contribution in [2.45, 2.75) is 44.9 Å². The van der Waals surface area contributed by atoms with Crippen molar-refractivity contribution in [1.29, 1.82) is 0 Å². The van der Waals surface area contributed by atoms with Crippen molar-refractivity contribution in [2.24, 2.45) is 0 Å².